The smallest absolute Gasteiger partial charge is 0.257 e. The van der Waals surface area contributed by atoms with Crippen LogP contribution in [0.5, 0.6) is 0 Å². The van der Waals surface area contributed by atoms with Crippen LogP contribution in [-0.4, -0.2) is 75.3 Å². The Bertz CT molecular complexity index is 1100. The molecule has 1 N–H and O–H groups in total. The van der Waals surface area contributed by atoms with Gasteiger partial charge >= 0.3 is 0 Å². The Balaban J connectivity index is 1.44. The molecule has 0 aliphatic carbocycles. The van der Waals surface area contributed by atoms with Gasteiger partial charge < -0.3 is 24.8 Å². The first-order chi connectivity index (χ1) is 15.7. The number of nitrogens with zero attached hydrogens (tertiary/aromatic N) is 4. The molecule has 0 bridgehead atoms. The number of carbonyl (C=O) groups excluding carboxylic acids is 1. The molecule has 0 saturated carbocycles. The summed E-state index contributed by atoms with van der Waals surface area (Å²) >= 11 is 0. The lowest BCUT2D eigenvalue weighted by molar-refractivity contribution is 0.102. The van der Waals surface area contributed by atoms with Gasteiger partial charge in [0.1, 0.15) is 0 Å². The summed E-state index contributed by atoms with van der Waals surface area (Å²) in [6.07, 6.45) is 3.67. The number of likely N-dealkylation sites (N-methyl/N-ethyl adjacent to an activating group) is 1. The molecule has 2 aliphatic heterocycles. The van der Waals surface area contributed by atoms with Gasteiger partial charge in [-0.25, -0.2) is 0 Å². The summed E-state index contributed by atoms with van der Waals surface area (Å²) in [7, 11) is 2.16. The van der Waals surface area contributed by atoms with Crippen molar-refractivity contribution >= 4 is 33.7 Å². The van der Waals surface area contributed by atoms with Crippen molar-refractivity contribution in [2.45, 2.75) is 0 Å². The lowest BCUT2D eigenvalue weighted by Gasteiger charge is -2.35. The molecule has 0 atom stereocenters. The van der Waals surface area contributed by atoms with Crippen LogP contribution in [0.3, 0.4) is 0 Å². The molecule has 0 radical (unpaired) electrons. The molecule has 3 heterocycles. The first-order valence-corrected chi connectivity index (χ1v) is 11.2. The fraction of sp³-hybridized carbons (Fsp3) is 0.360. The number of anilines is 3. The van der Waals surface area contributed by atoms with Gasteiger partial charge in [0.15, 0.2) is 0 Å². The van der Waals surface area contributed by atoms with Gasteiger partial charge in [-0.1, -0.05) is 12.1 Å². The monoisotopic (exact) mass is 431 g/mol. The quantitative estimate of drug-likeness (QED) is 0.685. The van der Waals surface area contributed by atoms with Crippen molar-refractivity contribution in [3.8, 4) is 0 Å². The molecule has 3 aromatic rings. The Labute approximate surface area is 188 Å². The number of fused-ring (bicyclic) bond motifs is 1. The summed E-state index contributed by atoms with van der Waals surface area (Å²) in [5, 5.41) is 5.23. The van der Waals surface area contributed by atoms with Gasteiger partial charge in [-0.05, 0) is 37.4 Å². The second-order valence-electron chi connectivity index (χ2n) is 8.41. The second-order valence-corrected chi connectivity index (χ2v) is 8.41. The summed E-state index contributed by atoms with van der Waals surface area (Å²) in [4.78, 5) is 24.7. The van der Waals surface area contributed by atoms with E-state index in [0.717, 1.165) is 61.4 Å². The molecule has 7 nitrogen and oxygen atoms in total. The summed E-state index contributed by atoms with van der Waals surface area (Å²) in [6.45, 7) is 7.01. The number of piperazine rings is 1. The van der Waals surface area contributed by atoms with Gasteiger partial charge in [0.25, 0.3) is 5.91 Å². The molecule has 2 aromatic carbocycles. The number of benzene rings is 2. The highest BCUT2D eigenvalue weighted by Gasteiger charge is 2.21. The summed E-state index contributed by atoms with van der Waals surface area (Å²) < 4.78 is 5.48. The fourth-order valence-corrected chi connectivity index (χ4v) is 4.54. The molecule has 2 fully saturated rings. The van der Waals surface area contributed by atoms with Crippen LogP contribution in [0.15, 0.2) is 54.9 Å². The van der Waals surface area contributed by atoms with Crippen LogP contribution in [0.4, 0.5) is 17.1 Å². The molecule has 5 rings (SSSR count). The predicted molar refractivity (Wildman–Crippen MR) is 129 cm³/mol. The van der Waals surface area contributed by atoms with Crippen molar-refractivity contribution in [3.63, 3.8) is 0 Å². The van der Waals surface area contributed by atoms with E-state index >= 15 is 0 Å². The van der Waals surface area contributed by atoms with Crippen molar-refractivity contribution in [2.75, 3.05) is 74.6 Å². The average Bonchev–Trinajstić information content (AvgIpc) is 2.85. The zero-order chi connectivity index (χ0) is 21.9. The van der Waals surface area contributed by atoms with E-state index in [1.807, 2.05) is 48.8 Å². The first-order valence-electron chi connectivity index (χ1n) is 11.2. The van der Waals surface area contributed by atoms with Crippen LogP contribution in [0.1, 0.15) is 10.4 Å². The molecule has 1 aromatic heterocycles. The number of rotatable bonds is 4. The van der Waals surface area contributed by atoms with E-state index in [0.29, 0.717) is 18.8 Å². The van der Waals surface area contributed by atoms with E-state index < -0.39 is 0 Å². The minimum Gasteiger partial charge on any atom is -0.378 e. The summed E-state index contributed by atoms with van der Waals surface area (Å²) in [6, 6.07) is 14.0. The van der Waals surface area contributed by atoms with Gasteiger partial charge in [0.2, 0.25) is 0 Å². The standard InChI is InChI=1S/C25H29N5O2/c1-28-10-12-29(13-11-28)24-7-6-22(21-18-26-9-8-19(21)24)27-25(31)20-4-2-3-5-23(20)30-14-16-32-17-15-30/h2-9,18H,10-17H2,1H3,(H,27,31). The van der Waals surface area contributed by atoms with Crippen LogP contribution < -0.4 is 15.1 Å². The van der Waals surface area contributed by atoms with Crippen molar-refractivity contribution in [1.29, 1.82) is 0 Å². The Hall–Kier alpha value is -3.16. The van der Waals surface area contributed by atoms with E-state index in [9.17, 15) is 4.79 Å². The third-order valence-electron chi connectivity index (χ3n) is 6.39. The second kappa shape index (κ2) is 9.14. The number of ether oxygens (including phenoxy) is 1. The van der Waals surface area contributed by atoms with Gasteiger partial charge in [-0.2, -0.15) is 0 Å². The Morgan fingerprint density at radius 1 is 0.875 bits per heavy atom. The highest BCUT2D eigenvalue weighted by atomic mass is 16.5. The van der Waals surface area contributed by atoms with Gasteiger partial charge in [-0.3, -0.25) is 9.78 Å². The van der Waals surface area contributed by atoms with Gasteiger partial charge in [0, 0.05) is 73.8 Å². The number of morpholine rings is 1. The van der Waals surface area contributed by atoms with Crippen LogP contribution in [0.25, 0.3) is 10.8 Å². The van der Waals surface area contributed by atoms with Gasteiger partial charge in [-0.15, -0.1) is 0 Å². The number of carbonyl (C=O) groups is 1. The van der Waals surface area contributed by atoms with E-state index in [4.69, 9.17) is 4.74 Å². The molecule has 1 amide bonds. The normalized spacial score (nSPS) is 17.5. The fourth-order valence-electron chi connectivity index (χ4n) is 4.54. The minimum absolute atomic E-state index is 0.107. The predicted octanol–water partition coefficient (Wildman–Crippen LogP) is 3.08. The SMILES string of the molecule is CN1CCN(c2ccc(NC(=O)c3ccccc3N3CCOCC3)c3cnccc23)CC1. The average molecular weight is 432 g/mol. The molecule has 2 saturated heterocycles. The maximum Gasteiger partial charge on any atom is 0.257 e. The molecule has 0 spiro atoms. The van der Waals surface area contributed by atoms with Crippen molar-refractivity contribution < 1.29 is 9.53 Å². The lowest BCUT2D eigenvalue weighted by atomic mass is 10.1. The Morgan fingerprint density at radius 2 is 1.62 bits per heavy atom. The van der Waals surface area contributed by atoms with E-state index in [1.165, 1.54) is 5.69 Å². The maximum atomic E-state index is 13.3. The molecule has 7 heteroatoms. The first kappa shape index (κ1) is 20.7. The topological polar surface area (TPSA) is 60.9 Å². The number of nitrogens with one attached hydrogen (secondary N) is 1. The Morgan fingerprint density at radius 3 is 2.44 bits per heavy atom. The van der Waals surface area contributed by atoms with Crippen molar-refractivity contribution in [3.05, 3.63) is 60.4 Å². The number of aromatic nitrogens is 1. The number of para-hydroxylation sites is 1. The zero-order valence-electron chi connectivity index (χ0n) is 18.5. The molecule has 166 valence electrons. The van der Waals surface area contributed by atoms with E-state index in [-0.39, 0.29) is 5.91 Å². The lowest BCUT2D eigenvalue weighted by Crippen LogP contribution is -2.44. The third-order valence-corrected chi connectivity index (χ3v) is 6.39. The number of hydrogen-bond acceptors (Lipinski definition) is 6. The van der Waals surface area contributed by atoms with Crippen LogP contribution >= 0.6 is 0 Å². The number of pyridine rings is 1. The van der Waals surface area contributed by atoms with Crippen molar-refractivity contribution in [2.24, 2.45) is 0 Å². The molecular formula is C25H29N5O2. The molecule has 32 heavy (non-hydrogen) atoms. The van der Waals surface area contributed by atoms with Crippen LogP contribution in [0.2, 0.25) is 0 Å². The van der Waals surface area contributed by atoms with Crippen molar-refractivity contribution in [1.82, 2.24) is 9.88 Å². The molecule has 0 unspecified atom stereocenters. The number of amides is 1. The molecular weight excluding hydrogens is 402 g/mol. The largest absolute Gasteiger partial charge is 0.378 e. The van der Waals surface area contributed by atoms with E-state index in [1.54, 1.807) is 0 Å². The third kappa shape index (κ3) is 4.13. The zero-order valence-corrected chi connectivity index (χ0v) is 18.5. The van der Waals surface area contributed by atoms with Crippen LogP contribution in [-0.2, 0) is 4.74 Å². The summed E-state index contributed by atoms with van der Waals surface area (Å²) in [5.41, 5.74) is 3.61. The van der Waals surface area contributed by atoms with E-state index in [2.05, 4.69) is 38.1 Å². The van der Waals surface area contributed by atoms with Crippen LogP contribution in [0, 0.1) is 0 Å². The molecule has 2 aliphatic rings. The number of hydrogen-bond donors (Lipinski definition) is 1. The maximum absolute atomic E-state index is 13.3. The minimum atomic E-state index is -0.107. The Kier molecular flexibility index (Phi) is 5.92. The highest BCUT2D eigenvalue weighted by Crippen LogP contribution is 2.33. The summed E-state index contributed by atoms with van der Waals surface area (Å²) in [5.74, 6) is -0.107. The highest BCUT2D eigenvalue weighted by molar-refractivity contribution is 6.13. The van der Waals surface area contributed by atoms with Gasteiger partial charge in [0.05, 0.1) is 24.5 Å².